The molecule has 0 aromatic rings. The molecule has 1 saturated heterocycles. The van der Waals surface area contributed by atoms with E-state index in [1.165, 1.54) is 11.9 Å². The number of hydrogen-bond acceptors (Lipinski definition) is 8. The predicted octanol–water partition coefficient (Wildman–Crippen LogP) is -0.861. The van der Waals surface area contributed by atoms with Crippen LogP contribution in [0.4, 0.5) is 4.79 Å². The highest BCUT2D eigenvalue weighted by atomic mass is 16.6. The van der Waals surface area contributed by atoms with E-state index in [1.54, 1.807) is 20.8 Å². The van der Waals surface area contributed by atoms with Gasteiger partial charge in [0.25, 0.3) is 0 Å². The van der Waals surface area contributed by atoms with E-state index in [9.17, 15) is 19.2 Å². The summed E-state index contributed by atoms with van der Waals surface area (Å²) in [5.74, 6) is -1.41. The van der Waals surface area contributed by atoms with Gasteiger partial charge in [0.05, 0.1) is 19.6 Å². The lowest BCUT2D eigenvalue weighted by molar-refractivity contribution is -0.147. The van der Waals surface area contributed by atoms with Gasteiger partial charge < -0.3 is 19.4 Å². The van der Waals surface area contributed by atoms with E-state index in [1.807, 2.05) is 0 Å². The molecule has 0 bridgehead atoms. The second-order valence-corrected chi connectivity index (χ2v) is 5.81. The number of rotatable bonds is 3. The van der Waals surface area contributed by atoms with Crippen molar-refractivity contribution in [2.45, 2.75) is 26.4 Å². The molecule has 10 heteroatoms. The van der Waals surface area contributed by atoms with Crippen LogP contribution in [0.25, 0.3) is 0 Å². The van der Waals surface area contributed by atoms with Crippen molar-refractivity contribution in [3.8, 4) is 0 Å². The Morgan fingerprint density at radius 3 is 2.18 bits per heavy atom. The van der Waals surface area contributed by atoms with Gasteiger partial charge in [0.1, 0.15) is 5.60 Å². The van der Waals surface area contributed by atoms with Crippen LogP contribution in [0.2, 0.25) is 0 Å². The Bertz CT molecular complexity index is 455. The van der Waals surface area contributed by atoms with Crippen LogP contribution in [0.1, 0.15) is 20.8 Å². The molecule has 9 nitrogen and oxygen atoms in total. The minimum absolute atomic E-state index is 0.141. The highest BCUT2D eigenvalue weighted by Crippen LogP contribution is 2.06. The Hall–Kier alpha value is -2.10. The fourth-order valence-corrected chi connectivity index (χ4v) is 1.52. The van der Waals surface area contributed by atoms with Crippen molar-refractivity contribution in [2.24, 2.45) is 0 Å². The number of nitrogens with zero attached hydrogens (tertiary/aromatic N) is 1. The first kappa shape index (κ1) is 18.0. The zero-order valence-electron chi connectivity index (χ0n) is 13.0. The fraction of sp³-hybridized carbons (Fsp3) is 0.667. The van der Waals surface area contributed by atoms with Crippen LogP contribution < -0.4 is 5.32 Å². The first-order chi connectivity index (χ1) is 10.1. The molecular formula is C12H19BN2O7. The number of ether oxygens (including phenoxy) is 1. The smallest absolute Gasteiger partial charge is 0.492 e. The summed E-state index contributed by atoms with van der Waals surface area (Å²) in [6.07, 6.45) is -0.802. The maximum Gasteiger partial charge on any atom is 0.676 e. The van der Waals surface area contributed by atoms with Gasteiger partial charge in [-0.05, 0) is 27.8 Å². The number of hydrogen-bond donors (Lipinski definition) is 1. The van der Waals surface area contributed by atoms with Crippen molar-refractivity contribution in [1.82, 2.24) is 10.2 Å². The monoisotopic (exact) mass is 314 g/mol. The van der Waals surface area contributed by atoms with Crippen molar-refractivity contribution in [1.29, 1.82) is 0 Å². The van der Waals surface area contributed by atoms with E-state index >= 15 is 0 Å². The highest BCUT2D eigenvalue weighted by Gasteiger charge is 2.39. The normalized spacial score (nSPS) is 17.0. The Labute approximate surface area is 128 Å². The van der Waals surface area contributed by atoms with Crippen LogP contribution in [0.15, 0.2) is 0 Å². The third kappa shape index (κ3) is 6.57. The number of alkyl carbamates (subject to hydrolysis) is 1. The van der Waals surface area contributed by atoms with E-state index in [0.29, 0.717) is 0 Å². The van der Waals surface area contributed by atoms with Crippen LogP contribution in [-0.2, 0) is 28.4 Å². The average molecular weight is 314 g/mol. The van der Waals surface area contributed by atoms with E-state index in [2.05, 4.69) is 5.32 Å². The average Bonchev–Trinajstić information content (AvgIpc) is 2.30. The predicted molar refractivity (Wildman–Crippen MR) is 74.7 cm³/mol. The summed E-state index contributed by atoms with van der Waals surface area (Å²) in [7, 11) is -0.127. The topological polar surface area (TPSA) is 111 Å². The van der Waals surface area contributed by atoms with E-state index in [4.69, 9.17) is 14.0 Å². The molecular weight excluding hydrogens is 295 g/mol. The first-order valence-electron chi connectivity index (χ1n) is 6.64. The lowest BCUT2D eigenvalue weighted by Crippen LogP contribution is -2.49. The third-order valence-corrected chi connectivity index (χ3v) is 2.34. The zero-order chi connectivity index (χ0) is 16.9. The molecule has 1 fully saturated rings. The maximum absolute atomic E-state index is 11.9. The molecule has 0 aromatic carbocycles. The minimum Gasteiger partial charge on any atom is -0.492 e. The molecule has 1 amide bonds. The molecule has 0 radical (unpaired) electrons. The molecule has 0 atom stereocenters. The first-order valence-corrected chi connectivity index (χ1v) is 6.64. The van der Waals surface area contributed by atoms with Gasteiger partial charge in [-0.25, -0.2) is 4.79 Å². The van der Waals surface area contributed by atoms with Crippen molar-refractivity contribution >= 4 is 30.8 Å². The van der Waals surface area contributed by atoms with E-state index < -0.39 is 43.0 Å². The zero-order valence-corrected chi connectivity index (χ0v) is 13.0. The van der Waals surface area contributed by atoms with Gasteiger partial charge in [-0.1, -0.05) is 0 Å². The second-order valence-electron chi connectivity index (χ2n) is 5.81. The maximum atomic E-state index is 11.9. The molecule has 0 saturated carbocycles. The van der Waals surface area contributed by atoms with Crippen molar-refractivity contribution in [2.75, 3.05) is 26.7 Å². The van der Waals surface area contributed by atoms with Crippen molar-refractivity contribution in [3.05, 3.63) is 0 Å². The number of carbonyl (C=O) groups is 4. The number of likely N-dealkylation sites (N-methyl/N-ethyl adjacent to an activating group) is 1. The summed E-state index contributed by atoms with van der Waals surface area (Å²) in [6, 6.07) is 0. The molecule has 22 heavy (non-hydrogen) atoms. The standard InChI is InChI=1S/C12H19BN2O7/c1-12(2,3)20-11(19)14-5-8(16)13-21-9(17)6-15(4)7-10(18)22-13/h5-7H2,1-4H3,(H,14,19). The molecule has 1 rings (SSSR count). The number of amides is 1. The molecule has 0 aliphatic carbocycles. The van der Waals surface area contributed by atoms with E-state index in [0.717, 1.165) is 0 Å². The summed E-state index contributed by atoms with van der Waals surface area (Å²) < 4.78 is 14.5. The third-order valence-electron chi connectivity index (χ3n) is 2.34. The van der Waals surface area contributed by atoms with Crippen LogP contribution in [0.3, 0.4) is 0 Å². The van der Waals surface area contributed by atoms with Crippen LogP contribution >= 0.6 is 0 Å². The summed E-state index contributed by atoms with van der Waals surface area (Å²) in [6.45, 7) is 4.24. The highest BCUT2D eigenvalue weighted by molar-refractivity contribution is 6.83. The van der Waals surface area contributed by atoms with Gasteiger partial charge in [-0.15, -0.1) is 0 Å². The van der Waals surface area contributed by atoms with Crippen molar-refractivity contribution in [3.63, 3.8) is 0 Å². The quantitative estimate of drug-likeness (QED) is 0.670. The van der Waals surface area contributed by atoms with Crippen molar-refractivity contribution < 1.29 is 33.2 Å². The minimum atomic E-state index is -1.66. The van der Waals surface area contributed by atoms with Gasteiger partial charge in [-0.3, -0.25) is 19.3 Å². The molecule has 0 unspecified atom stereocenters. The summed E-state index contributed by atoms with van der Waals surface area (Å²) in [4.78, 5) is 47.6. The summed E-state index contributed by atoms with van der Waals surface area (Å²) >= 11 is 0. The Morgan fingerprint density at radius 2 is 1.73 bits per heavy atom. The SMILES string of the molecule is CN1CC(=O)OB(C(=O)CNC(=O)OC(C)(C)C)OC(=O)C1. The Kier molecular flexibility index (Phi) is 5.92. The van der Waals surface area contributed by atoms with Gasteiger partial charge in [0, 0.05) is 0 Å². The van der Waals surface area contributed by atoms with Crippen LogP contribution in [0.5, 0.6) is 0 Å². The number of carbonyl (C=O) groups excluding carboxylic acids is 4. The molecule has 1 aliphatic rings. The molecule has 1 heterocycles. The van der Waals surface area contributed by atoms with Gasteiger partial charge in [0.2, 0.25) is 5.68 Å². The van der Waals surface area contributed by atoms with Crippen LogP contribution in [-0.4, -0.2) is 68.0 Å². The summed E-state index contributed by atoms with van der Waals surface area (Å²) in [5.41, 5.74) is -1.48. The van der Waals surface area contributed by atoms with E-state index in [-0.39, 0.29) is 13.1 Å². The largest absolute Gasteiger partial charge is 0.676 e. The number of nitrogens with one attached hydrogen (secondary N) is 1. The Morgan fingerprint density at radius 1 is 1.23 bits per heavy atom. The van der Waals surface area contributed by atoms with Gasteiger partial charge in [-0.2, -0.15) is 0 Å². The summed E-state index contributed by atoms with van der Waals surface area (Å²) in [5, 5.41) is 2.21. The Balaban J connectivity index is 2.54. The molecule has 0 aromatic heterocycles. The fourth-order valence-electron chi connectivity index (χ4n) is 1.52. The second kappa shape index (κ2) is 7.25. The molecule has 1 N–H and O–H groups in total. The molecule has 122 valence electrons. The van der Waals surface area contributed by atoms with Crippen LogP contribution in [0, 0.1) is 0 Å². The van der Waals surface area contributed by atoms with Gasteiger partial charge in [0.15, 0.2) is 0 Å². The van der Waals surface area contributed by atoms with Gasteiger partial charge >= 0.3 is 25.2 Å². The molecule has 1 aliphatic heterocycles. The molecule has 0 spiro atoms. The lowest BCUT2D eigenvalue weighted by atomic mass is 9.82. The lowest BCUT2D eigenvalue weighted by Gasteiger charge is -2.22.